The first-order valence-electron chi connectivity index (χ1n) is 7.49. The number of thioether (sulfide) groups is 1. The van der Waals surface area contributed by atoms with Gasteiger partial charge in [-0.15, -0.1) is 0 Å². The summed E-state index contributed by atoms with van der Waals surface area (Å²) in [6, 6.07) is 11.8. The van der Waals surface area contributed by atoms with Crippen LogP contribution in [0.5, 0.6) is 5.75 Å². The molecule has 136 valence electrons. The van der Waals surface area contributed by atoms with Crippen molar-refractivity contribution in [3.63, 3.8) is 0 Å². The second kappa shape index (κ2) is 7.56. The predicted octanol–water partition coefficient (Wildman–Crippen LogP) is 2.85. The number of phenolic OH excluding ortho intramolecular Hbond substituents is 1. The Morgan fingerprint density at radius 2 is 1.89 bits per heavy atom. The van der Waals surface area contributed by atoms with Gasteiger partial charge in [-0.2, -0.15) is 5.01 Å². The number of aromatic hydroxyl groups is 1. The number of amides is 2. The number of hydrazine groups is 1. The van der Waals surface area contributed by atoms with Gasteiger partial charge in [-0.3, -0.25) is 25.1 Å². The lowest BCUT2D eigenvalue weighted by Crippen LogP contribution is -2.44. The van der Waals surface area contributed by atoms with Crippen molar-refractivity contribution >= 4 is 51.9 Å². The van der Waals surface area contributed by atoms with Crippen LogP contribution in [0.4, 0.5) is 5.69 Å². The number of nitro benzene ring substituents is 1. The molecular weight excluding hydrogens is 390 g/mol. The van der Waals surface area contributed by atoms with Gasteiger partial charge < -0.3 is 5.11 Å². The highest BCUT2D eigenvalue weighted by atomic mass is 32.2. The van der Waals surface area contributed by atoms with E-state index in [0.29, 0.717) is 0 Å². The van der Waals surface area contributed by atoms with Gasteiger partial charge in [-0.05, 0) is 36.5 Å². The molecule has 0 atom stereocenters. The molecule has 0 bridgehead atoms. The summed E-state index contributed by atoms with van der Waals surface area (Å²) in [5.41, 5.74) is 2.41. The number of hydrogen-bond acceptors (Lipinski definition) is 7. The maximum Gasteiger partial charge on any atom is 0.285 e. The van der Waals surface area contributed by atoms with Crippen LogP contribution in [0.2, 0.25) is 0 Å². The van der Waals surface area contributed by atoms with Crippen molar-refractivity contribution in [3.05, 3.63) is 74.7 Å². The first-order valence-corrected chi connectivity index (χ1v) is 8.71. The second-order valence-electron chi connectivity index (χ2n) is 5.29. The van der Waals surface area contributed by atoms with Gasteiger partial charge in [0.05, 0.1) is 21.0 Å². The molecule has 1 aliphatic rings. The summed E-state index contributed by atoms with van der Waals surface area (Å²) in [6.07, 6.45) is 1.35. The van der Waals surface area contributed by atoms with Gasteiger partial charge in [0.25, 0.3) is 17.5 Å². The maximum atomic E-state index is 12.6. The second-order valence-corrected chi connectivity index (χ2v) is 6.97. The molecule has 0 aliphatic carbocycles. The van der Waals surface area contributed by atoms with Crippen molar-refractivity contribution in [2.45, 2.75) is 0 Å². The topological polar surface area (TPSA) is 113 Å². The maximum absolute atomic E-state index is 12.6. The highest BCUT2D eigenvalue weighted by molar-refractivity contribution is 8.26. The number of nitrogens with zero attached hydrogens (tertiary/aromatic N) is 2. The molecule has 0 unspecified atom stereocenters. The van der Waals surface area contributed by atoms with Gasteiger partial charge >= 0.3 is 0 Å². The molecule has 1 aliphatic heterocycles. The van der Waals surface area contributed by atoms with Crippen LogP contribution in [-0.2, 0) is 4.79 Å². The highest BCUT2D eigenvalue weighted by Crippen LogP contribution is 2.33. The molecule has 2 aromatic rings. The number of hydrogen-bond donors (Lipinski definition) is 2. The van der Waals surface area contributed by atoms with E-state index in [4.69, 9.17) is 12.2 Å². The van der Waals surface area contributed by atoms with Crippen molar-refractivity contribution in [2.75, 3.05) is 0 Å². The third-order valence-corrected chi connectivity index (χ3v) is 4.88. The summed E-state index contributed by atoms with van der Waals surface area (Å²) in [4.78, 5) is 35.5. The van der Waals surface area contributed by atoms with Crippen molar-refractivity contribution in [3.8, 4) is 5.75 Å². The van der Waals surface area contributed by atoms with Crippen LogP contribution >= 0.6 is 24.0 Å². The molecule has 3 rings (SSSR count). The van der Waals surface area contributed by atoms with E-state index in [1.807, 2.05) is 0 Å². The van der Waals surface area contributed by atoms with E-state index in [9.17, 15) is 24.8 Å². The minimum absolute atomic E-state index is 0.0192. The van der Waals surface area contributed by atoms with Crippen LogP contribution in [0.25, 0.3) is 6.08 Å². The Morgan fingerprint density at radius 3 is 2.59 bits per heavy atom. The lowest BCUT2D eigenvalue weighted by Gasteiger charge is -2.16. The van der Waals surface area contributed by atoms with Crippen LogP contribution in [0.15, 0.2) is 53.4 Å². The van der Waals surface area contributed by atoms with Gasteiger partial charge in [-0.1, -0.05) is 36.0 Å². The Morgan fingerprint density at radius 1 is 1.22 bits per heavy atom. The minimum atomic E-state index is -0.712. The number of carbonyl (C=O) groups is 2. The minimum Gasteiger partial charge on any atom is -0.507 e. The predicted molar refractivity (Wildman–Crippen MR) is 104 cm³/mol. The number of benzene rings is 2. The Kier molecular flexibility index (Phi) is 5.19. The number of nitrogens with one attached hydrogen (secondary N) is 1. The van der Waals surface area contributed by atoms with Gasteiger partial charge in [0.1, 0.15) is 5.75 Å². The zero-order chi connectivity index (χ0) is 19.6. The molecule has 2 amide bonds. The Bertz CT molecular complexity index is 1010. The first kappa shape index (κ1) is 18.5. The number of rotatable bonds is 4. The van der Waals surface area contributed by atoms with Gasteiger partial charge in [-0.25, -0.2) is 0 Å². The molecule has 2 N–H and O–H groups in total. The number of carbonyl (C=O) groups excluding carboxylic acids is 2. The van der Waals surface area contributed by atoms with Crippen LogP contribution in [0.1, 0.15) is 15.9 Å². The molecular formula is C17H11N3O5S2. The summed E-state index contributed by atoms with van der Waals surface area (Å²) in [7, 11) is 0. The SMILES string of the molecule is O=C(NN1C(=O)/C(=C/c2ccccc2[N+](=O)[O-])SC1=S)c1ccccc1O. The summed E-state index contributed by atoms with van der Waals surface area (Å²) in [5.74, 6) is -1.57. The zero-order valence-corrected chi connectivity index (χ0v) is 15.1. The molecule has 1 fully saturated rings. The third kappa shape index (κ3) is 3.81. The van der Waals surface area contributed by atoms with Crippen molar-refractivity contribution in [1.29, 1.82) is 0 Å². The Labute approximate surface area is 162 Å². The third-order valence-electron chi connectivity index (χ3n) is 3.58. The van der Waals surface area contributed by atoms with E-state index in [0.717, 1.165) is 16.8 Å². The first-order chi connectivity index (χ1) is 12.9. The molecule has 1 saturated heterocycles. The van der Waals surface area contributed by atoms with Crippen LogP contribution in [-0.4, -0.2) is 31.2 Å². The largest absolute Gasteiger partial charge is 0.507 e. The quantitative estimate of drug-likeness (QED) is 0.350. The number of para-hydroxylation sites is 2. The van der Waals surface area contributed by atoms with E-state index < -0.39 is 16.7 Å². The van der Waals surface area contributed by atoms with Crippen molar-refractivity contribution in [2.24, 2.45) is 0 Å². The molecule has 1 heterocycles. The van der Waals surface area contributed by atoms with Gasteiger partial charge in [0.2, 0.25) is 0 Å². The fourth-order valence-corrected chi connectivity index (χ4v) is 3.48. The van der Waals surface area contributed by atoms with E-state index in [-0.39, 0.29) is 31.8 Å². The summed E-state index contributed by atoms with van der Waals surface area (Å²) in [6.45, 7) is 0. The van der Waals surface area contributed by atoms with Crippen molar-refractivity contribution < 1.29 is 19.6 Å². The lowest BCUT2D eigenvalue weighted by atomic mass is 10.1. The molecule has 10 heteroatoms. The summed E-state index contributed by atoms with van der Waals surface area (Å²) < 4.78 is 0.0635. The highest BCUT2D eigenvalue weighted by Gasteiger charge is 2.34. The molecule has 0 radical (unpaired) electrons. The number of thiocarbonyl (C=S) groups is 1. The standard InChI is InChI=1S/C17H11N3O5S2/c21-13-8-4-2-6-11(13)15(22)18-19-16(23)14(27-17(19)26)9-10-5-1-3-7-12(10)20(24)25/h1-9,21H,(H,18,22)/b14-9-. The van der Waals surface area contributed by atoms with E-state index in [1.165, 1.54) is 36.4 Å². The van der Waals surface area contributed by atoms with Gasteiger partial charge in [0.15, 0.2) is 4.32 Å². The van der Waals surface area contributed by atoms with Crippen molar-refractivity contribution in [1.82, 2.24) is 10.4 Å². The fraction of sp³-hybridized carbons (Fsp3) is 0. The molecule has 0 aromatic heterocycles. The average molecular weight is 401 g/mol. The zero-order valence-electron chi connectivity index (χ0n) is 13.5. The summed E-state index contributed by atoms with van der Waals surface area (Å²) in [5, 5.41) is 21.7. The normalized spacial score (nSPS) is 15.3. The Hall–Kier alpha value is -3.24. The summed E-state index contributed by atoms with van der Waals surface area (Å²) >= 11 is 6.02. The molecule has 0 spiro atoms. The lowest BCUT2D eigenvalue weighted by molar-refractivity contribution is -0.385. The molecule has 0 saturated carbocycles. The van der Waals surface area contributed by atoms with Crippen LogP contribution in [0, 0.1) is 10.1 Å². The average Bonchev–Trinajstić information content (AvgIpc) is 2.89. The van der Waals surface area contributed by atoms with Crippen LogP contribution < -0.4 is 5.43 Å². The smallest absolute Gasteiger partial charge is 0.285 e. The number of nitro groups is 1. The van der Waals surface area contributed by atoms with Crippen LogP contribution in [0.3, 0.4) is 0 Å². The fourth-order valence-electron chi connectivity index (χ4n) is 2.31. The molecule has 8 nitrogen and oxygen atoms in total. The van der Waals surface area contributed by atoms with Gasteiger partial charge in [0, 0.05) is 6.07 Å². The Balaban J connectivity index is 1.85. The van der Waals surface area contributed by atoms with E-state index in [2.05, 4.69) is 5.43 Å². The monoisotopic (exact) mass is 401 g/mol. The van der Waals surface area contributed by atoms with E-state index >= 15 is 0 Å². The molecule has 27 heavy (non-hydrogen) atoms. The van der Waals surface area contributed by atoms with E-state index in [1.54, 1.807) is 18.2 Å². The molecule has 2 aromatic carbocycles. The number of phenols is 1.